The Morgan fingerprint density at radius 2 is 2.10 bits per heavy atom. The minimum absolute atomic E-state index is 0.0363. The lowest BCUT2D eigenvalue weighted by Crippen LogP contribution is -2.37. The highest BCUT2D eigenvalue weighted by Gasteiger charge is 2.38. The van der Waals surface area contributed by atoms with E-state index in [0.29, 0.717) is 17.6 Å². The fourth-order valence-corrected chi connectivity index (χ4v) is 3.61. The summed E-state index contributed by atoms with van der Waals surface area (Å²) in [5, 5.41) is 6.98. The Bertz CT molecular complexity index is 938. The molecule has 2 unspecified atom stereocenters. The first-order valence-electron chi connectivity index (χ1n) is 10.0. The van der Waals surface area contributed by atoms with Crippen LogP contribution in [-0.2, 0) is 9.59 Å². The number of nitrogens with zero attached hydrogens (tertiary/aromatic N) is 3. The summed E-state index contributed by atoms with van der Waals surface area (Å²) < 4.78 is 19.7. The van der Waals surface area contributed by atoms with E-state index in [1.807, 2.05) is 13.8 Å². The molecule has 1 aliphatic heterocycles. The molecule has 0 spiro atoms. The molecule has 1 saturated heterocycles. The number of benzene rings is 1. The second-order valence-electron chi connectivity index (χ2n) is 8.36. The second-order valence-corrected chi connectivity index (χ2v) is 8.36. The van der Waals surface area contributed by atoms with Crippen LogP contribution in [0.4, 0.5) is 10.1 Å². The Morgan fingerprint density at radius 3 is 2.76 bits per heavy atom. The van der Waals surface area contributed by atoms with E-state index in [0.717, 1.165) is 18.4 Å². The van der Waals surface area contributed by atoms with Crippen LogP contribution in [0.25, 0.3) is 0 Å². The minimum atomic E-state index is -0.560. The van der Waals surface area contributed by atoms with Crippen LogP contribution in [-0.4, -0.2) is 28.5 Å². The highest BCUT2D eigenvalue weighted by Crippen LogP contribution is 2.39. The van der Waals surface area contributed by atoms with Crippen LogP contribution in [0.5, 0.6) is 0 Å². The van der Waals surface area contributed by atoms with Gasteiger partial charge in [0.05, 0.1) is 11.6 Å². The zero-order chi connectivity index (χ0) is 20.7. The van der Waals surface area contributed by atoms with Gasteiger partial charge >= 0.3 is 0 Å². The van der Waals surface area contributed by atoms with Gasteiger partial charge in [-0.2, -0.15) is 4.98 Å². The SMILES string of the molecule is Cc1ccc(N2CC(C(=O)NC(c3nc(C4CC4)no3)C(C)C)CC2=O)c(F)c1. The van der Waals surface area contributed by atoms with Gasteiger partial charge in [0.15, 0.2) is 5.82 Å². The normalized spacial score (nSPS) is 20.4. The van der Waals surface area contributed by atoms with Crippen molar-refractivity contribution in [2.45, 2.75) is 52.0 Å². The molecule has 4 rings (SSSR count). The molecule has 8 heteroatoms. The van der Waals surface area contributed by atoms with E-state index in [-0.39, 0.29) is 36.4 Å². The lowest BCUT2D eigenvalue weighted by molar-refractivity contribution is -0.127. The van der Waals surface area contributed by atoms with E-state index in [1.165, 1.54) is 11.0 Å². The van der Waals surface area contributed by atoms with Gasteiger partial charge in [-0.25, -0.2) is 4.39 Å². The largest absolute Gasteiger partial charge is 0.344 e. The van der Waals surface area contributed by atoms with Gasteiger partial charge < -0.3 is 14.7 Å². The molecular weight excluding hydrogens is 375 g/mol. The number of aryl methyl sites for hydroxylation is 1. The summed E-state index contributed by atoms with van der Waals surface area (Å²) in [4.78, 5) is 31.1. The molecule has 1 aliphatic carbocycles. The van der Waals surface area contributed by atoms with Crippen LogP contribution in [0.3, 0.4) is 0 Å². The monoisotopic (exact) mass is 400 g/mol. The maximum absolute atomic E-state index is 14.3. The van der Waals surface area contributed by atoms with Gasteiger partial charge in [0.2, 0.25) is 17.7 Å². The number of aromatic nitrogens is 2. The number of hydrogen-bond acceptors (Lipinski definition) is 5. The first-order valence-corrected chi connectivity index (χ1v) is 10.0. The lowest BCUT2D eigenvalue weighted by Gasteiger charge is -2.21. The maximum Gasteiger partial charge on any atom is 0.249 e. The highest BCUT2D eigenvalue weighted by atomic mass is 19.1. The van der Waals surface area contributed by atoms with Gasteiger partial charge in [-0.1, -0.05) is 25.1 Å². The Labute approximate surface area is 168 Å². The molecule has 2 aromatic rings. The third kappa shape index (κ3) is 4.02. The van der Waals surface area contributed by atoms with Crippen LogP contribution < -0.4 is 10.2 Å². The van der Waals surface area contributed by atoms with Crippen molar-refractivity contribution < 1.29 is 18.5 Å². The molecule has 1 saturated carbocycles. The molecule has 2 aliphatic rings. The predicted octanol–water partition coefficient (Wildman–Crippen LogP) is 3.26. The van der Waals surface area contributed by atoms with Crippen LogP contribution in [0.1, 0.15) is 62.3 Å². The van der Waals surface area contributed by atoms with Crippen molar-refractivity contribution in [1.82, 2.24) is 15.5 Å². The maximum atomic E-state index is 14.3. The van der Waals surface area contributed by atoms with E-state index in [9.17, 15) is 14.0 Å². The molecule has 0 bridgehead atoms. The smallest absolute Gasteiger partial charge is 0.249 e. The van der Waals surface area contributed by atoms with Crippen molar-refractivity contribution in [2.24, 2.45) is 11.8 Å². The standard InChI is InChI=1S/C21H25FN4O3/c1-11(2)18(21-24-19(25-29-21)13-5-6-13)23-20(28)14-9-17(27)26(10-14)16-7-4-12(3)8-15(16)22/h4,7-8,11,13-14,18H,5-6,9-10H2,1-3H3,(H,23,28). The fraction of sp³-hybridized carbons (Fsp3) is 0.524. The molecule has 1 aromatic carbocycles. The summed E-state index contributed by atoms with van der Waals surface area (Å²) in [6.07, 6.45) is 2.17. The fourth-order valence-electron chi connectivity index (χ4n) is 3.61. The molecule has 2 heterocycles. The number of nitrogens with one attached hydrogen (secondary N) is 1. The van der Waals surface area contributed by atoms with Gasteiger partial charge in [-0.15, -0.1) is 0 Å². The number of rotatable bonds is 6. The van der Waals surface area contributed by atoms with Crippen molar-refractivity contribution in [1.29, 1.82) is 0 Å². The van der Waals surface area contributed by atoms with Gasteiger partial charge in [0.1, 0.15) is 11.9 Å². The van der Waals surface area contributed by atoms with Crippen molar-refractivity contribution >= 4 is 17.5 Å². The molecule has 154 valence electrons. The Kier molecular flexibility index (Phi) is 5.10. The molecule has 1 N–H and O–H groups in total. The molecular formula is C21H25FN4O3. The van der Waals surface area contributed by atoms with Crippen molar-refractivity contribution in [3.8, 4) is 0 Å². The molecule has 7 nitrogen and oxygen atoms in total. The summed E-state index contributed by atoms with van der Waals surface area (Å²) in [6, 6.07) is 4.29. The lowest BCUT2D eigenvalue weighted by atomic mass is 10.0. The van der Waals surface area contributed by atoms with Crippen molar-refractivity contribution in [3.63, 3.8) is 0 Å². The third-order valence-corrected chi connectivity index (χ3v) is 5.52. The second kappa shape index (κ2) is 7.57. The summed E-state index contributed by atoms with van der Waals surface area (Å²) in [5.41, 5.74) is 0.986. The van der Waals surface area contributed by atoms with Crippen molar-refractivity contribution in [3.05, 3.63) is 41.3 Å². The van der Waals surface area contributed by atoms with Crippen LogP contribution in [0, 0.1) is 24.6 Å². The van der Waals surface area contributed by atoms with Gasteiger partial charge in [-0.05, 0) is 43.4 Å². The number of hydrogen-bond donors (Lipinski definition) is 1. The van der Waals surface area contributed by atoms with Crippen LogP contribution in [0.15, 0.2) is 22.7 Å². The Morgan fingerprint density at radius 1 is 1.34 bits per heavy atom. The average Bonchev–Trinajstić information content (AvgIpc) is 3.27. The summed E-state index contributed by atoms with van der Waals surface area (Å²) in [6.45, 7) is 5.85. The summed E-state index contributed by atoms with van der Waals surface area (Å²) in [7, 11) is 0. The molecule has 2 atom stereocenters. The zero-order valence-corrected chi connectivity index (χ0v) is 16.8. The summed E-state index contributed by atoms with van der Waals surface area (Å²) >= 11 is 0. The molecule has 2 fully saturated rings. The van der Waals surface area contributed by atoms with E-state index in [4.69, 9.17) is 4.52 Å². The first-order chi connectivity index (χ1) is 13.8. The Hall–Kier alpha value is -2.77. The number of amides is 2. The molecule has 1 aromatic heterocycles. The van der Waals surface area contributed by atoms with Crippen LogP contribution >= 0.6 is 0 Å². The third-order valence-electron chi connectivity index (χ3n) is 5.52. The molecule has 0 radical (unpaired) electrons. The highest BCUT2D eigenvalue weighted by molar-refractivity contribution is 6.00. The van der Waals surface area contributed by atoms with Crippen molar-refractivity contribution in [2.75, 3.05) is 11.4 Å². The van der Waals surface area contributed by atoms with E-state index in [2.05, 4.69) is 15.5 Å². The molecule has 2 amide bonds. The molecule has 29 heavy (non-hydrogen) atoms. The zero-order valence-electron chi connectivity index (χ0n) is 16.8. The quantitative estimate of drug-likeness (QED) is 0.804. The average molecular weight is 400 g/mol. The summed E-state index contributed by atoms with van der Waals surface area (Å²) in [5.74, 6) is -0.0668. The van der Waals surface area contributed by atoms with Gasteiger partial charge in [0.25, 0.3) is 0 Å². The number of halogens is 1. The topological polar surface area (TPSA) is 88.3 Å². The van der Waals surface area contributed by atoms with E-state index in [1.54, 1.807) is 19.1 Å². The minimum Gasteiger partial charge on any atom is -0.344 e. The number of carbonyl (C=O) groups is 2. The predicted molar refractivity (Wildman–Crippen MR) is 104 cm³/mol. The van der Waals surface area contributed by atoms with Gasteiger partial charge in [-0.3, -0.25) is 9.59 Å². The first kappa shape index (κ1) is 19.5. The van der Waals surface area contributed by atoms with Crippen LogP contribution in [0.2, 0.25) is 0 Å². The number of carbonyl (C=O) groups excluding carboxylic acids is 2. The van der Waals surface area contributed by atoms with Gasteiger partial charge in [0, 0.05) is 18.9 Å². The number of anilines is 1. The van der Waals surface area contributed by atoms with E-state index >= 15 is 0 Å². The Balaban J connectivity index is 1.46. The van der Waals surface area contributed by atoms with E-state index < -0.39 is 17.8 Å².